The molecule has 8 heteroatoms. The highest BCUT2D eigenvalue weighted by Crippen LogP contribution is 2.09. The van der Waals surface area contributed by atoms with E-state index in [1.54, 1.807) is 30.3 Å². The zero-order chi connectivity index (χ0) is 22.7. The molecule has 0 unspecified atom stereocenters. The van der Waals surface area contributed by atoms with Crippen molar-refractivity contribution in [3.05, 3.63) is 116 Å². The molecule has 1 amide bonds. The summed E-state index contributed by atoms with van der Waals surface area (Å²) in [6.45, 7) is 3.90. The van der Waals surface area contributed by atoms with Gasteiger partial charge in [0, 0.05) is 0 Å². The van der Waals surface area contributed by atoms with Crippen LogP contribution in [-0.4, -0.2) is 20.3 Å². The van der Waals surface area contributed by atoms with Gasteiger partial charge in [0.15, 0.2) is 0 Å². The third-order valence-corrected chi connectivity index (χ3v) is 5.11. The molecule has 0 aliphatic heterocycles. The average Bonchev–Trinajstić information content (AvgIpc) is 3.30. The summed E-state index contributed by atoms with van der Waals surface area (Å²) in [7, 11) is 0. The summed E-state index contributed by atoms with van der Waals surface area (Å²) >= 11 is 0. The number of furan rings is 1. The molecule has 0 bridgehead atoms. The van der Waals surface area contributed by atoms with Crippen LogP contribution in [0.15, 0.2) is 80.9 Å². The molecule has 0 saturated heterocycles. The van der Waals surface area contributed by atoms with E-state index in [0.29, 0.717) is 11.4 Å². The van der Waals surface area contributed by atoms with Crippen molar-refractivity contribution in [2.24, 2.45) is 0 Å². The fourth-order valence-electron chi connectivity index (χ4n) is 3.35. The van der Waals surface area contributed by atoms with Crippen LogP contribution in [0.5, 0.6) is 0 Å². The topological polar surface area (TPSA) is 99.1 Å². The van der Waals surface area contributed by atoms with Crippen LogP contribution in [0.4, 0.5) is 0 Å². The zero-order valence-corrected chi connectivity index (χ0v) is 17.7. The molecule has 0 aliphatic carbocycles. The minimum atomic E-state index is -0.751. The van der Waals surface area contributed by atoms with Gasteiger partial charge in [0.1, 0.15) is 5.76 Å². The normalized spacial score (nSPS) is 10.8. The zero-order valence-electron chi connectivity index (χ0n) is 17.7. The Morgan fingerprint density at radius 1 is 1.03 bits per heavy atom. The van der Waals surface area contributed by atoms with Crippen molar-refractivity contribution >= 4 is 5.91 Å². The monoisotopic (exact) mass is 430 g/mol. The minimum absolute atomic E-state index is 0.0249. The molecule has 2 heterocycles. The number of hydrogen-bond donors (Lipinski definition) is 1. The second-order valence-electron chi connectivity index (χ2n) is 7.46. The van der Waals surface area contributed by atoms with Crippen LogP contribution in [0.3, 0.4) is 0 Å². The number of hydrogen-bond acceptors (Lipinski definition) is 5. The summed E-state index contributed by atoms with van der Waals surface area (Å²) in [6, 6.07) is 18.0. The number of rotatable bonds is 6. The second kappa shape index (κ2) is 8.89. The number of aromatic nitrogens is 3. The van der Waals surface area contributed by atoms with Gasteiger partial charge in [0.2, 0.25) is 5.69 Å². The quantitative estimate of drug-likeness (QED) is 0.507. The van der Waals surface area contributed by atoms with Crippen molar-refractivity contribution in [1.29, 1.82) is 0 Å². The Kier molecular flexibility index (Phi) is 5.85. The Bertz CT molecular complexity index is 1380. The molecule has 162 valence electrons. The van der Waals surface area contributed by atoms with Crippen molar-refractivity contribution in [3.8, 4) is 5.69 Å². The van der Waals surface area contributed by atoms with Gasteiger partial charge in [-0.05, 0) is 54.8 Å². The number of carbonyl (C=O) groups excluding carboxylic acids is 1. The van der Waals surface area contributed by atoms with Crippen molar-refractivity contribution in [3.63, 3.8) is 0 Å². The summed E-state index contributed by atoms with van der Waals surface area (Å²) in [5, 5.41) is 6.77. The largest absolute Gasteiger partial charge is 0.467 e. The third-order valence-electron chi connectivity index (χ3n) is 5.11. The Labute approximate surface area is 183 Å². The number of amides is 1. The lowest BCUT2D eigenvalue weighted by Gasteiger charge is -2.13. The Balaban J connectivity index is 1.82. The molecule has 2 aromatic carbocycles. The van der Waals surface area contributed by atoms with E-state index < -0.39 is 17.2 Å². The molecule has 32 heavy (non-hydrogen) atoms. The van der Waals surface area contributed by atoms with Crippen LogP contribution < -0.4 is 16.6 Å². The summed E-state index contributed by atoms with van der Waals surface area (Å²) in [5.41, 5.74) is 1.37. The van der Waals surface area contributed by atoms with Crippen LogP contribution in [0.2, 0.25) is 0 Å². The van der Waals surface area contributed by atoms with Crippen molar-refractivity contribution in [2.75, 3.05) is 0 Å². The fraction of sp³-hybridized carbons (Fsp3) is 0.167. The van der Waals surface area contributed by atoms with E-state index in [2.05, 4.69) is 10.4 Å². The maximum atomic E-state index is 13.3. The van der Waals surface area contributed by atoms with Gasteiger partial charge in [-0.3, -0.25) is 14.2 Å². The third kappa shape index (κ3) is 4.29. The van der Waals surface area contributed by atoms with E-state index in [0.717, 1.165) is 25.9 Å². The van der Waals surface area contributed by atoms with E-state index in [-0.39, 0.29) is 18.8 Å². The first-order valence-electron chi connectivity index (χ1n) is 10.1. The fourth-order valence-corrected chi connectivity index (χ4v) is 3.35. The lowest BCUT2D eigenvalue weighted by molar-refractivity contribution is 0.0938. The lowest BCUT2D eigenvalue weighted by Crippen LogP contribution is -2.46. The Hall–Kier alpha value is -4.20. The number of aryl methyl sites for hydroxylation is 2. The van der Waals surface area contributed by atoms with Crippen molar-refractivity contribution in [1.82, 2.24) is 19.7 Å². The standard InChI is InChI=1S/C24H22N4O4/c1-16-7-5-10-19(13-16)28-24(31)27(15-18-9-4-3-8-17(18)2)23(30)21(26-28)22(29)25-14-20-11-6-12-32-20/h3-13H,14-15H2,1-2H3,(H,25,29). The molecule has 8 nitrogen and oxygen atoms in total. The molecule has 0 aliphatic rings. The molecule has 0 spiro atoms. The summed E-state index contributed by atoms with van der Waals surface area (Å²) in [4.78, 5) is 39.3. The van der Waals surface area contributed by atoms with Gasteiger partial charge in [-0.1, -0.05) is 36.4 Å². The van der Waals surface area contributed by atoms with Crippen LogP contribution in [0.25, 0.3) is 5.69 Å². The minimum Gasteiger partial charge on any atom is -0.467 e. The molecular formula is C24H22N4O4. The van der Waals surface area contributed by atoms with Gasteiger partial charge in [-0.15, -0.1) is 0 Å². The predicted molar refractivity (Wildman–Crippen MR) is 119 cm³/mol. The highest BCUT2D eigenvalue weighted by Gasteiger charge is 2.21. The first-order valence-corrected chi connectivity index (χ1v) is 10.1. The molecule has 4 aromatic rings. The molecule has 0 fully saturated rings. The second-order valence-corrected chi connectivity index (χ2v) is 7.46. The Morgan fingerprint density at radius 3 is 2.56 bits per heavy atom. The molecule has 4 rings (SSSR count). The van der Waals surface area contributed by atoms with Crippen LogP contribution >= 0.6 is 0 Å². The molecule has 0 atom stereocenters. The highest BCUT2D eigenvalue weighted by atomic mass is 16.3. The van der Waals surface area contributed by atoms with E-state index in [1.807, 2.05) is 44.2 Å². The summed E-state index contributed by atoms with van der Waals surface area (Å²) < 4.78 is 7.35. The summed E-state index contributed by atoms with van der Waals surface area (Å²) in [6.07, 6.45) is 1.49. The van der Waals surface area contributed by atoms with E-state index in [9.17, 15) is 14.4 Å². The number of nitrogens with zero attached hydrogens (tertiary/aromatic N) is 3. The average molecular weight is 430 g/mol. The first kappa shape index (κ1) is 21.0. The van der Waals surface area contributed by atoms with Gasteiger partial charge in [-0.25, -0.2) is 4.79 Å². The predicted octanol–water partition coefficient (Wildman–Crippen LogP) is 2.58. The summed E-state index contributed by atoms with van der Waals surface area (Å²) in [5.74, 6) is -0.156. The van der Waals surface area contributed by atoms with E-state index in [1.165, 1.54) is 6.26 Å². The van der Waals surface area contributed by atoms with Gasteiger partial charge < -0.3 is 9.73 Å². The van der Waals surface area contributed by atoms with Gasteiger partial charge in [-0.2, -0.15) is 9.78 Å². The SMILES string of the molecule is Cc1cccc(-n2nc(C(=O)NCc3ccco3)c(=O)n(Cc3ccccc3C)c2=O)c1. The lowest BCUT2D eigenvalue weighted by atomic mass is 10.1. The maximum Gasteiger partial charge on any atom is 0.352 e. The van der Waals surface area contributed by atoms with E-state index >= 15 is 0 Å². The molecule has 1 N–H and O–H groups in total. The van der Waals surface area contributed by atoms with Crippen LogP contribution in [0.1, 0.15) is 32.9 Å². The number of carbonyl (C=O) groups is 1. The molecule has 0 radical (unpaired) electrons. The maximum absolute atomic E-state index is 13.3. The van der Waals surface area contributed by atoms with Gasteiger partial charge >= 0.3 is 5.69 Å². The smallest absolute Gasteiger partial charge is 0.352 e. The molecule has 2 aromatic heterocycles. The van der Waals surface area contributed by atoms with Crippen LogP contribution in [-0.2, 0) is 13.1 Å². The van der Waals surface area contributed by atoms with Crippen molar-refractivity contribution < 1.29 is 9.21 Å². The molecular weight excluding hydrogens is 408 g/mol. The van der Waals surface area contributed by atoms with Gasteiger partial charge in [0.05, 0.1) is 25.0 Å². The Morgan fingerprint density at radius 2 is 1.84 bits per heavy atom. The highest BCUT2D eigenvalue weighted by molar-refractivity contribution is 5.91. The first-order chi connectivity index (χ1) is 15.4. The van der Waals surface area contributed by atoms with Crippen LogP contribution in [0, 0.1) is 13.8 Å². The van der Waals surface area contributed by atoms with E-state index in [4.69, 9.17) is 4.42 Å². The van der Waals surface area contributed by atoms with Gasteiger partial charge in [0.25, 0.3) is 11.5 Å². The number of nitrogens with one attached hydrogen (secondary N) is 1. The number of benzene rings is 2. The molecule has 0 saturated carbocycles. The van der Waals surface area contributed by atoms with Crippen molar-refractivity contribution in [2.45, 2.75) is 26.9 Å².